The molecule has 1 aliphatic heterocycles. The summed E-state index contributed by atoms with van der Waals surface area (Å²) in [6.45, 7) is 9.29. The van der Waals surface area contributed by atoms with Crippen LogP contribution in [0.25, 0.3) is 10.9 Å². The Balaban J connectivity index is 1.43. The maximum absolute atomic E-state index is 13.7. The van der Waals surface area contributed by atoms with Crippen LogP contribution in [0, 0.1) is 26.7 Å². The average molecular weight is 526 g/mol. The number of nitrogens with one attached hydrogen (secondary N) is 2. The Hall–Kier alpha value is -3.64. The first-order chi connectivity index (χ1) is 18.8. The number of H-pyrrole nitrogens is 1. The Kier molecular flexibility index (Phi) is 7.76. The van der Waals surface area contributed by atoms with Gasteiger partial charge in [-0.15, -0.1) is 0 Å². The molecule has 39 heavy (non-hydrogen) atoms. The molecule has 0 bridgehead atoms. The van der Waals surface area contributed by atoms with Crippen LogP contribution in [-0.2, 0) is 6.42 Å². The minimum Gasteiger partial charge on any atom is -0.496 e. The summed E-state index contributed by atoms with van der Waals surface area (Å²) >= 11 is 0. The van der Waals surface area contributed by atoms with Gasteiger partial charge in [-0.3, -0.25) is 9.59 Å². The molecule has 1 saturated heterocycles. The minimum absolute atomic E-state index is 0.0551. The Morgan fingerprint density at radius 1 is 1.10 bits per heavy atom. The Morgan fingerprint density at radius 2 is 1.85 bits per heavy atom. The number of ketones is 1. The van der Waals surface area contributed by atoms with E-state index in [1.165, 1.54) is 11.1 Å². The van der Waals surface area contributed by atoms with Crippen molar-refractivity contribution in [3.63, 3.8) is 0 Å². The molecule has 4 aromatic rings. The van der Waals surface area contributed by atoms with Gasteiger partial charge in [0.05, 0.1) is 12.7 Å². The number of pyridine rings is 1. The van der Waals surface area contributed by atoms with Crippen LogP contribution in [-0.4, -0.2) is 29.0 Å². The van der Waals surface area contributed by atoms with E-state index >= 15 is 0 Å². The Labute approximate surface area is 230 Å². The van der Waals surface area contributed by atoms with E-state index in [2.05, 4.69) is 72.0 Å². The Bertz CT molecular complexity index is 1550. The zero-order chi connectivity index (χ0) is 27.7. The summed E-state index contributed by atoms with van der Waals surface area (Å²) in [5, 5.41) is 4.70. The number of fused-ring (bicyclic) bond motifs is 1. The maximum atomic E-state index is 13.7. The summed E-state index contributed by atoms with van der Waals surface area (Å²) < 4.78 is 7.83. The number of Topliss-reactive ketones (excluding diaryl/α,β-unsaturated/α-hetero) is 1. The number of aromatic nitrogens is 2. The second kappa shape index (κ2) is 11.2. The molecule has 0 saturated carbocycles. The van der Waals surface area contributed by atoms with Crippen LogP contribution in [0.3, 0.4) is 0 Å². The van der Waals surface area contributed by atoms with Crippen molar-refractivity contribution in [1.29, 1.82) is 0 Å². The summed E-state index contributed by atoms with van der Waals surface area (Å²) in [5.74, 6) is 1.07. The van der Waals surface area contributed by atoms with Crippen LogP contribution in [0.5, 0.6) is 5.75 Å². The van der Waals surface area contributed by atoms with Gasteiger partial charge in [-0.25, -0.2) is 0 Å². The van der Waals surface area contributed by atoms with Crippen molar-refractivity contribution in [2.24, 2.45) is 5.92 Å². The predicted octanol–water partition coefficient (Wildman–Crippen LogP) is 6.38. The molecule has 3 unspecified atom stereocenters. The highest BCUT2D eigenvalue weighted by atomic mass is 16.5. The van der Waals surface area contributed by atoms with Gasteiger partial charge < -0.3 is 19.6 Å². The highest BCUT2D eigenvalue weighted by Crippen LogP contribution is 2.39. The van der Waals surface area contributed by atoms with Crippen LogP contribution in [0.4, 0.5) is 0 Å². The predicted molar refractivity (Wildman–Crippen MR) is 157 cm³/mol. The number of hydrogen-bond donors (Lipinski definition) is 2. The van der Waals surface area contributed by atoms with Gasteiger partial charge in [0.25, 0.3) is 5.56 Å². The fourth-order valence-electron chi connectivity index (χ4n) is 6.39. The van der Waals surface area contributed by atoms with Gasteiger partial charge in [-0.1, -0.05) is 48.0 Å². The largest absolute Gasteiger partial charge is 0.496 e. The molecule has 2 aromatic carbocycles. The van der Waals surface area contributed by atoms with Gasteiger partial charge >= 0.3 is 0 Å². The molecule has 2 aromatic heterocycles. The number of hydrogen-bond acceptors (Lipinski definition) is 4. The third-order valence-electron chi connectivity index (χ3n) is 8.50. The molecule has 6 heteroatoms. The normalized spacial score (nSPS) is 18.3. The molecule has 6 nitrogen and oxygen atoms in total. The van der Waals surface area contributed by atoms with Gasteiger partial charge in [0.15, 0.2) is 5.78 Å². The van der Waals surface area contributed by atoms with Crippen LogP contribution >= 0.6 is 0 Å². The van der Waals surface area contributed by atoms with E-state index < -0.39 is 0 Å². The highest BCUT2D eigenvalue weighted by molar-refractivity contribution is 6.09. The van der Waals surface area contributed by atoms with E-state index in [0.717, 1.165) is 47.2 Å². The Morgan fingerprint density at radius 3 is 2.59 bits per heavy atom. The van der Waals surface area contributed by atoms with E-state index in [4.69, 9.17) is 4.74 Å². The summed E-state index contributed by atoms with van der Waals surface area (Å²) in [4.78, 5) is 29.2. The van der Waals surface area contributed by atoms with Crippen molar-refractivity contribution in [3.8, 4) is 5.75 Å². The lowest BCUT2D eigenvalue weighted by molar-refractivity contribution is 0.0983. The zero-order valence-corrected chi connectivity index (χ0v) is 23.6. The summed E-state index contributed by atoms with van der Waals surface area (Å²) in [7, 11) is 1.56. The second-order valence-electron chi connectivity index (χ2n) is 11.0. The lowest BCUT2D eigenvalue weighted by Crippen LogP contribution is -2.35. The number of nitrogens with zero attached hydrogens (tertiary/aromatic N) is 1. The van der Waals surface area contributed by atoms with Crippen LogP contribution in [0.2, 0.25) is 0 Å². The SMILES string of the molecule is COc1cc(C)[nH]c(=O)c1CCC(=O)c1c(C)n(C(C)C2CCNC(c3ccc(C)cc3)C2)c2ccccc12. The number of para-hydroxylation sites is 1. The van der Waals surface area contributed by atoms with E-state index in [0.29, 0.717) is 29.7 Å². The topological polar surface area (TPSA) is 76.1 Å². The van der Waals surface area contributed by atoms with Crippen molar-refractivity contribution in [3.05, 3.63) is 98.6 Å². The summed E-state index contributed by atoms with van der Waals surface area (Å²) in [6, 6.07) is 19.5. The number of aryl methyl sites for hydroxylation is 2. The fourth-order valence-corrected chi connectivity index (χ4v) is 6.39. The quantitative estimate of drug-likeness (QED) is 0.262. The number of carbonyl (C=O) groups excluding carboxylic acids is 1. The second-order valence-corrected chi connectivity index (χ2v) is 11.0. The summed E-state index contributed by atoms with van der Waals surface area (Å²) in [6.07, 6.45) is 2.72. The van der Waals surface area contributed by atoms with Crippen molar-refractivity contribution < 1.29 is 9.53 Å². The number of aromatic amines is 1. The molecular formula is C33H39N3O3. The molecular weight excluding hydrogens is 486 g/mol. The van der Waals surface area contributed by atoms with E-state index in [-0.39, 0.29) is 23.8 Å². The molecule has 1 aliphatic rings. The third kappa shape index (κ3) is 5.30. The molecule has 0 amide bonds. The van der Waals surface area contributed by atoms with Crippen LogP contribution in [0.15, 0.2) is 59.4 Å². The standard InChI is InChI=1S/C33H39N3O3/c1-20-10-12-24(13-11-20)28-19-25(16-17-34-28)22(3)36-23(4)32(26-8-6-7-9-29(26)36)30(37)15-14-27-31(39-5)18-21(2)35-33(27)38/h6-13,18,22,25,28,34H,14-17,19H2,1-5H3,(H,35,38). The number of rotatable bonds is 8. The van der Waals surface area contributed by atoms with Crippen LogP contribution in [0.1, 0.15) is 76.7 Å². The molecule has 1 fully saturated rings. The van der Waals surface area contributed by atoms with Crippen molar-refractivity contribution in [1.82, 2.24) is 14.9 Å². The van der Waals surface area contributed by atoms with Gasteiger partial charge in [-0.05, 0) is 77.1 Å². The molecule has 5 rings (SSSR count). The minimum atomic E-state index is -0.193. The number of carbonyl (C=O) groups is 1. The maximum Gasteiger partial charge on any atom is 0.255 e. The summed E-state index contributed by atoms with van der Waals surface area (Å²) in [5.41, 5.74) is 6.54. The first-order valence-corrected chi connectivity index (χ1v) is 14.0. The number of benzene rings is 2. The molecule has 3 atom stereocenters. The van der Waals surface area contributed by atoms with Gasteiger partial charge in [0.1, 0.15) is 5.75 Å². The molecule has 3 heterocycles. The molecule has 0 aliphatic carbocycles. The number of methoxy groups -OCH3 is 1. The van der Waals surface area contributed by atoms with E-state index in [9.17, 15) is 9.59 Å². The fraction of sp³-hybridized carbons (Fsp3) is 0.394. The van der Waals surface area contributed by atoms with Crippen molar-refractivity contribution in [2.45, 2.75) is 65.5 Å². The first-order valence-electron chi connectivity index (χ1n) is 14.0. The molecule has 0 radical (unpaired) electrons. The van der Waals surface area contributed by atoms with Crippen molar-refractivity contribution in [2.75, 3.05) is 13.7 Å². The van der Waals surface area contributed by atoms with Crippen LogP contribution < -0.4 is 15.6 Å². The van der Waals surface area contributed by atoms with Gasteiger partial charge in [0.2, 0.25) is 0 Å². The molecule has 204 valence electrons. The lowest BCUT2D eigenvalue weighted by Gasteiger charge is -2.35. The molecule has 0 spiro atoms. The van der Waals surface area contributed by atoms with Gasteiger partial charge in [0, 0.05) is 46.4 Å². The third-order valence-corrected chi connectivity index (χ3v) is 8.50. The first kappa shape index (κ1) is 26.9. The average Bonchev–Trinajstić information content (AvgIpc) is 3.23. The van der Waals surface area contributed by atoms with Gasteiger partial charge in [-0.2, -0.15) is 0 Å². The monoisotopic (exact) mass is 525 g/mol. The molecule has 2 N–H and O–H groups in total. The zero-order valence-electron chi connectivity index (χ0n) is 23.6. The van der Waals surface area contributed by atoms with E-state index in [1.54, 1.807) is 7.11 Å². The highest BCUT2D eigenvalue weighted by Gasteiger charge is 2.31. The van der Waals surface area contributed by atoms with Crippen molar-refractivity contribution >= 4 is 16.7 Å². The number of piperidine rings is 1. The smallest absolute Gasteiger partial charge is 0.255 e. The lowest BCUT2D eigenvalue weighted by atomic mass is 9.84. The number of ether oxygens (including phenoxy) is 1. The van der Waals surface area contributed by atoms with E-state index in [1.807, 2.05) is 25.1 Å².